The molecule has 0 bridgehead atoms. The average molecular weight is 340 g/mol. The Hall–Kier alpha value is -1.62. The zero-order chi connectivity index (χ0) is 15.0. The molecule has 0 aliphatic carbocycles. The summed E-state index contributed by atoms with van der Waals surface area (Å²) < 4.78 is 5.82. The largest absolute Gasteiger partial charge is 0.465 e. The lowest BCUT2D eigenvalue weighted by molar-refractivity contribution is -0.148. The summed E-state index contributed by atoms with van der Waals surface area (Å²) in [6.45, 7) is 5.93. The Morgan fingerprint density at radius 1 is 1.35 bits per heavy atom. The second-order valence-electron chi connectivity index (χ2n) is 4.17. The van der Waals surface area contributed by atoms with Gasteiger partial charge in [0.2, 0.25) is 5.91 Å². The molecule has 108 valence electrons. The van der Waals surface area contributed by atoms with E-state index >= 15 is 0 Å². The first-order chi connectivity index (χ1) is 9.56. The van der Waals surface area contributed by atoms with Crippen molar-refractivity contribution in [1.82, 2.24) is 4.90 Å². The first-order valence-corrected chi connectivity index (χ1v) is 7.14. The number of rotatable bonds is 7. The van der Waals surface area contributed by atoms with Crippen LogP contribution in [0.2, 0.25) is 0 Å². The molecule has 20 heavy (non-hydrogen) atoms. The van der Waals surface area contributed by atoms with Crippen LogP contribution in [0.15, 0.2) is 41.4 Å². The molecule has 0 N–H and O–H groups in total. The summed E-state index contributed by atoms with van der Waals surface area (Å²) in [5.74, 6) is -0.529. The third-order valence-electron chi connectivity index (χ3n) is 2.60. The predicted molar refractivity (Wildman–Crippen MR) is 81.3 cm³/mol. The Bertz CT molecular complexity index is 471. The van der Waals surface area contributed by atoms with Crippen LogP contribution >= 0.6 is 15.9 Å². The summed E-state index contributed by atoms with van der Waals surface area (Å²) in [4.78, 5) is 25.1. The van der Waals surface area contributed by atoms with Crippen LogP contribution < -0.4 is 0 Å². The maximum atomic E-state index is 12.2. The number of benzene rings is 1. The van der Waals surface area contributed by atoms with Gasteiger partial charge in [-0.25, -0.2) is 0 Å². The number of ether oxygens (including phenoxy) is 1. The summed E-state index contributed by atoms with van der Waals surface area (Å²) in [5, 5.41) is 0. The minimum absolute atomic E-state index is 0.0464. The van der Waals surface area contributed by atoms with E-state index in [-0.39, 0.29) is 18.9 Å². The molecule has 0 radical (unpaired) electrons. The highest BCUT2D eigenvalue weighted by molar-refractivity contribution is 9.10. The molecular formula is C15H18BrNO3. The molecule has 1 rings (SSSR count). The molecular weight excluding hydrogens is 322 g/mol. The standard InChI is InChI=1S/C15H18BrNO3/c1-3-9-17(11-15(19)20-4-2)14(18)10-12-5-7-13(16)8-6-12/h3,5-8H,1,4,9-11H2,2H3. The van der Waals surface area contributed by atoms with Crippen molar-refractivity contribution < 1.29 is 14.3 Å². The highest BCUT2D eigenvalue weighted by Gasteiger charge is 2.16. The molecule has 5 heteroatoms. The van der Waals surface area contributed by atoms with Crippen LogP contribution in [0.3, 0.4) is 0 Å². The Labute approximate surface area is 127 Å². The molecule has 1 amide bonds. The zero-order valence-electron chi connectivity index (χ0n) is 11.5. The minimum Gasteiger partial charge on any atom is -0.465 e. The lowest BCUT2D eigenvalue weighted by Crippen LogP contribution is -2.37. The first kappa shape index (κ1) is 16.4. The SMILES string of the molecule is C=CCN(CC(=O)OCC)C(=O)Cc1ccc(Br)cc1. The highest BCUT2D eigenvalue weighted by atomic mass is 79.9. The van der Waals surface area contributed by atoms with Gasteiger partial charge in [0.1, 0.15) is 6.54 Å². The normalized spacial score (nSPS) is 9.90. The molecule has 1 aromatic rings. The van der Waals surface area contributed by atoms with Gasteiger partial charge >= 0.3 is 5.97 Å². The number of hydrogen-bond donors (Lipinski definition) is 0. The number of amides is 1. The average Bonchev–Trinajstić information content (AvgIpc) is 2.41. The van der Waals surface area contributed by atoms with Crippen molar-refractivity contribution in [2.75, 3.05) is 19.7 Å². The van der Waals surface area contributed by atoms with Gasteiger partial charge in [0.05, 0.1) is 13.0 Å². The van der Waals surface area contributed by atoms with E-state index < -0.39 is 5.97 Å². The van der Waals surface area contributed by atoms with Crippen molar-refractivity contribution in [2.24, 2.45) is 0 Å². The molecule has 0 aliphatic rings. The maximum absolute atomic E-state index is 12.2. The number of carbonyl (C=O) groups excluding carboxylic acids is 2. The van der Waals surface area contributed by atoms with Crippen LogP contribution in [-0.4, -0.2) is 36.5 Å². The van der Waals surface area contributed by atoms with Crippen LogP contribution in [0.1, 0.15) is 12.5 Å². The van der Waals surface area contributed by atoms with E-state index in [0.717, 1.165) is 10.0 Å². The third-order valence-corrected chi connectivity index (χ3v) is 3.12. The summed E-state index contributed by atoms with van der Waals surface area (Å²) in [6.07, 6.45) is 1.85. The molecule has 0 heterocycles. The van der Waals surface area contributed by atoms with Crippen molar-refractivity contribution in [3.05, 3.63) is 47.0 Å². The lowest BCUT2D eigenvalue weighted by atomic mass is 10.1. The molecule has 0 spiro atoms. The van der Waals surface area contributed by atoms with E-state index in [1.165, 1.54) is 4.90 Å². The van der Waals surface area contributed by atoms with Crippen molar-refractivity contribution in [2.45, 2.75) is 13.3 Å². The van der Waals surface area contributed by atoms with Gasteiger partial charge in [0, 0.05) is 11.0 Å². The van der Waals surface area contributed by atoms with E-state index in [1.807, 2.05) is 24.3 Å². The van der Waals surface area contributed by atoms with Crippen LogP contribution in [0.5, 0.6) is 0 Å². The van der Waals surface area contributed by atoms with Gasteiger partial charge in [0.25, 0.3) is 0 Å². The summed E-state index contributed by atoms with van der Waals surface area (Å²) in [7, 11) is 0. The molecule has 0 aromatic heterocycles. The fraction of sp³-hybridized carbons (Fsp3) is 0.333. The van der Waals surface area contributed by atoms with Gasteiger partial charge in [-0.1, -0.05) is 34.1 Å². The number of esters is 1. The fourth-order valence-corrected chi connectivity index (χ4v) is 1.93. The van der Waals surface area contributed by atoms with Crippen molar-refractivity contribution in [3.63, 3.8) is 0 Å². The summed E-state index contributed by atoms with van der Waals surface area (Å²) >= 11 is 3.35. The molecule has 1 aromatic carbocycles. The van der Waals surface area contributed by atoms with Gasteiger partial charge in [0.15, 0.2) is 0 Å². The van der Waals surface area contributed by atoms with E-state index in [2.05, 4.69) is 22.5 Å². The van der Waals surface area contributed by atoms with Gasteiger partial charge < -0.3 is 9.64 Å². The molecule has 0 saturated carbocycles. The Morgan fingerprint density at radius 2 is 2.00 bits per heavy atom. The van der Waals surface area contributed by atoms with Gasteiger partial charge in [-0.15, -0.1) is 6.58 Å². The van der Waals surface area contributed by atoms with E-state index in [1.54, 1.807) is 13.0 Å². The van der Waals surface area contributed by atoms with E-state index in [9.17, 15) is 9.59 Å². The lowest BCUT2D eigenvalue weighted by Gasteiger charge is -2.20. The Balaban J connectivity index is 2.65. The number of hydrogen-bond acceptors (Lipinski definition) is 3. The van der Waals surface area contributed by atoms with Crippen molar-refractivity contribution in [3.8, 4) is 0 Å². The summed E-state index contributed by atoms with van der Waals surface area (Å²) in [6, 6.07) is 7.51. The molecule has 0 atom stereocenters. The topological polar surface area (TPSA) is 46.6 Å². The van der Waals surface area contributed by atoms with Gasteiger partial charge in [-0.2, -0.15) is 0 Å². The molecule has 4 nitrogen and oxygen atoms in total. The smallest absolute Gasteiger partial charge is 0.325 e. The van der Waals surface area contributed by atoms with Crippen molar-refractivity contribution in [1.29, 1.82) is 0 Å². The number of halogens is 1. The summed E-state index contributed by atoms with van der Waals surface area (Å²) in [5.41, 5.74) is 0.899. The molecule has 0 saturated heterocycles. The molecule has 0 unspecified atom stereocenters. The third kappa shape index (κ3) is 5.57. The second-order valence-corrected chi connectivity index (χ2v) is 5.09. The Morgan fingerprint density at radius 3 is 2.55 bits per heavy atom. The zero-order valence-corrected chi connectivity index (χ0v) is 13.1. The number of carbonyl (C=O) groups is 2. The number of nitrogens with zero attached hydrogens (tertiary/aromatic N) is 1. The van der Waals surface area contributed by atoms with E-state index in [0.29, 0.717) is 13.2 Å². The van der Waals surface area contributed by atoms with Crippen LogP contribution in [0.4, 0.5) is 0 Å². The second kappa shape index (κ2) is 8.53. The quantitative estimate of drug-likeness (QED) is 0.566. The van der Waals surface area contributed by atoms with Crippen LogP contribution in [0.25, 0.3) is 0 Å². The molecule has 0 aliphatic heterocycles. The first-order valence-electron chi connectivity index (χ1n) is 6.35. The van der Waals surface area contributed by atoms with Gasteiger partial charge in [-0.05, 0) is 24.6 Å². The van der Waals surface area contributed by atoms with E-state index in [4.69, 9.17) is 4.74 Å². The van der Waals surface area contributed by atoms with Crippen molar-refractivity contribution >= 4 is 27.8 Å². The maximum Gasteiger partial charge on any atom is 0.325 e. The Kier molecular flexibility index (Phi) is 7.01. The van der Waals surface area contributed by atoms with Crippen LogP contribution in [-0.2, 0) is 20.7 Å². The fourth-order valence-electron chi connectivity index (χ4n) is 1.66. The predicted octanol–water partition coefficient (Wildman–Crippen LogP) is 2.57. The highest BCUT2D eigenvalue weighted by Crippen LogP contribution is 2.11. The van der Waals surface area contributed by atoms with Crippen LogP contribution in [0, 0.1) is 0 Å². The molecule has 0 fully saturated rings. The van der Waals surface area contributed by atoms with Gasteiger partial charge in [-0.3, -0.25) is 9.59 Å². The monoisotopic (exact) mass is 339 g/mol. The minimum atomic E-state index is -0.404.